The molecule has 0 aromatic carbocycles. The molecule has 0 amide bonds. The molecule has 2 heterocycles. The van der Waals surface area contributed by atoms with E-state index in [0.29, 0.717) is 11.7 Å². The van der Waals surface area contributed by atoms with Gasteiger partial charge in [-0.25, -0.2) is 4.98 Å². The number of nitrogens with one attached hydrogen (secondary N) is 1. The number of rotatable bonds is 5. The first-order chi connectivity index (χ1) is 10.3. The van der Waals surface area contributed by atoms with Gasteiger partial charge in [-0.1, -0.05) is 31.9 Å². The van der Waals surface area contributed by atoms with Crippen LogP contribution in [0.2, 0.25) is 5.15 Å². The van der Waals surface area contributed by atoms with Gasteiger partial charge in [-0.05, 0) is 36.5 Å². The lowest BCUT2D eigenvalue weighted by atomic mass is 10.00. The van der Waals surface area contributed by atoms with Crippen LogP contribution in [0.15, 0.2) is 23.9 Å². The van der Waals surface area contributed by atoms with Gasteiger partial charge in [-0.2, -0.15) is 13.2 Å². The first-order valence-electron chi connectivity index (χ1n) is 7.29. The number of hydrogen-bond donors (Lipinski definition) is 1. The second-order valence-corrected chi connectivity index (χ2v) is 5.86. The maximum atomic E-state index is 12.6. The molecule has 7 heteroatoms. The van der Waals surface area contributed by atoms with Gasteiger partial charge in [0.15, 0.2) is 0 Å². The second-order valence-electron chi connectivity index (χ2n) is 5.51. The molecule has 0 fully saturated rings. The lowest BCUT2D eigenvalue weighted by Gasteiger charge is -2.19. The lowest BCUT2D eigenvalue weighted by Crippen LogP contribution is -2.24. The Morgan fingerprint density at radius 2 is 2.14 bits per heavy atom. The average molecular weight is 334 g/mol. The number of halogens is 4. The normalized spacial score (nSPS) is 18.5. The number of alkyl halides is 3. The van der Waals surface area contributed by atoms with Crippen LogP contribution in [-0.4, -0.2) is 16.5 Å². The highest BCUT2D eigenvalue weighted by molar-refractivity contribution is 6.30. The van der Waals surface area contributed by atoms with Crippen LogP contribution in [0.5, 0.6) is 0 Å². The highest BCUT2D eigenvalue weighted by atomic mass is 35.5. The van der Waals surface area contributed by atoms with Crippen molar-refractivity contribution in [2.75, 3.05) is 12.0 Å². The third kappa shape index (κ3) is 4.06. The fourth-order valence-electron chi connectivity index (χ4n) is 2.42. The molecule has 0 saturated heterocycles. The molecule has 0 aliphatic carbocycles. The molecule has 1 atom stereocenters. The minimum absolute atomic E-state index is 0.304. The molecule has 1 N–H and O–H groups in total. The molecular formula is C15H19ClF3N3. The van der Waals surface area contributed by atoms with Crippen molar-refractivity contribution in [2.45, 2.75) is 39.3 Å². The molecule has 22 heavy (non-hydrogen) atoms. The SMILES string of the molecule is CCCCC1=CN(Nc2ccc(C(F)(F)F)c(Cl)n2)CC1C. The predicted molar refractivity (Wildman–Crippen MR) is 81.3 cm³/mol. The van der Waals surface area contributed by atoms with Gasteiger partial charge in [0.25, 0.3) is 0 Å². The molecule has 1 aromatic rings. The average Bonchev–Trinajstić information content (AvgIpc) is 2.75. The zero-order chi connectivity index (χ0) is 16.3. The van der Waals surface area contributed by atoms with Crippen molar-refractivity contribution >= 4 is 17.4 Å². The van der Waals surface area contributed by atoms with Gasteiger partial charge in [0.05, 0.1) is 5.56 Å². The Bertz CT molecular complexity index is 557. The van der Waals surface area contributed by atoms with Crippen LogP contribution in [0, 0.1) is 5.92 Å². The summed E-state index contributed by atoms with van der Waals surface area (Å²) in [6, 6.07) is 2.23. The van der Waals surface area contributed by atoms with Crippen LogP contribution in [0.1, 0.15) is 38.7 Å². The van der Waals surface area contributed by atoms with Gasteiger partial charge in [0, 0.05) is 12.7 Å². The van der Waals surface area contributed by atoms with Gasteiger partial charge in [-0.15, -0.1) is 0 Å². The quantitative estimate of drug-likeness (QED) is 0.759. The van der Waals surface area contributed by atoms with Gasteiger partial charge < -0.3 is 0 Å². The van der Waals surface area contributed by atoms with E-state index in [0.717, 1.165) is 31.9 Å². The predicted octanol–water partition coefficient (Wildman–Crippen LogP) is 5.11. The maximum Gasteiger partial charge on any atom is 0.419 e. The van der Waals surface area contributed by atoms with Crippen LogP contribution < -0.4 is 5.43 Å². The highest BCUT2D eigenvalue weighted by Gasteiger charge is 2.34. The Hall–Kier alpha value is -1.43. The molecule has 1 aromatic heterocycles. The summed E-state index contributed by atoms with van der Waals surface area (Å²) in [6.45, 7) is 5.04. The summed E-state index contributed by atoms with van der Waals surface area (Å²) < 4.78 is 37.9. The zero-order valence-electron chi connectivity index (χ0n) is 12.5. The van der Waals surface area contributed by atoms with Crippen LogP contribution in [-0.2, 0) is 6.18 Å². The fourth-order valence-corrected chi connectivity index (χ4v) is 2.68. The van der Waals surface area contributed by atoms with E-state index in [1.807, 2.05) is 11.2 Å². The summed E-state index contributed by atoms with van der Waals surface area (Å²) in [7, 11) is 0. The number of hydrazine groups is 1. The van der Waals surface area contributed by atoms with E-state index < -0.39 is 16.9 Å². The first kappa shape index (κ1) is 16.9. The Balaban J connectivity index is 2.06. The van der Waals surface area contributed by atoms with Crippen molar-refractivity contribution in [1.82, 2.24) is 9.99 Å². The molecule has 1 aliphatic heterocycles. The Morgan fingerprint density at radius 1 is 1.41 bits per heavy atom. The summed E-state index contributed by atoms with van der Waals surface area (Å²) in [5, 5.41) is 1.31. The van der Waals surface area contributed by atoms with Gasteiger partial charge >= 0.3 is 6.18 Å². The monoisotopic (exact) mass is 333 g/mol. The summed E-state index contributed by atoms with van der Waals surface area (Å²) in [5.74, 6) is 0.724. The molecule has 0 saturated carbocycles. The number of pyridine rings is 1. The third-order valence-electron chi connectivity index (χ3n) is 3.66. The molecule has 1 aliphatic rings. The summed E-state index contributed by atoms with van der Waals surface area (Å²) in [4.78, 5) is 3.78. The third-order valence-corrected chi connectivity index (χ3v) is 3.94. The molecule has 1 unspecified atom stereocenters. The maximum absolute atomic E-state index is 12.6. The number of anilines is 1. The van der Waals surface area contributed by atoms with Crippen LogP contribution >= 0.6 is 11.6 Å². The number of hydrogen-bond acceptors (Lipinski definition) is 3. The van der Waals surface area contributed by atoms with E-state index in [-0.39, 0.29) is 0 Å². The molecule has 0 spiro atoms. The topological polar surface area (TPSA) is 28.2 Å². The molecule has 2 rings (SSSR count). The van der Waals surface area contributed by atoms with E-state index >= 15 is 0 Å². The molecule has 122 valence electrons. The van der Waals surface area contributed by atoms with E-state index in [9.17, 15) is 13.2 Å². The molecule has 0 bridgehead atoms. The summed E-state index contributed by atoms with van der Waals surface area (Å²) in [5.41, 5.74) is 3.41. The fraction of sp³-hybridized carbons (Fsp3) is 0.533. The van der Waals surface area contributed by atoms with Crippen LogP contribution in [0.25, 0.3) is 0 Å². The minimum atomic E-state index is -4.49. The van der Waals surface area contributed by atoms with Crippen molar-refractivity contribution in [3.63, 3.8) is 0 Å². The number of nitrogens with zero attached hydrogens (tertiary/aromatic N) is 2. The summed E-state index contributed by atoms with van der Waals surface area (Å²) >= 11 is 5.62. The van der Waals surface area contributed by atoms with Crippen molar-refractivity contribution in [1.29, 1.82) is 0 Å². The Kier molecular flexibility index (Phi) is 5.21. The second kappa shape index (κ2) is 6.77. The van der Waals surface area contributed by atoms with Crippen LogP contribution in [0.4, 0.5) is 19.0 Å². The van der Waals surface area contributed by atoms with Crippen molar-refractivity contribution in [3.05, 3.63) is 34.6 Å². The minimum Gasteiger partial charge on any atom is -0.293 e. The molecule has 0 radical (unpaired) electrons. The largest absolute Gasteiger partial charge is 0.419 e. The van der Waals surface area contributed by atoms with Crippen molar-refractivity contribution < 1.29 is 13.2 Å². The standard InChI is InChI=1S/C15H19ClF3N3/c1-3-4-5-11-9-22(8-10(11)2)21-13-7-6-12(14(16)20-13)15(17,18)19/h6-7,9-10H,3-5,8H2,1-2H3,(H,20,21). The Morgan fingerprint density at radius 3 is 2.73 bits per heavy atom. The van der Waals surface area contributed by atoms with Crippen LogP contribution in [0.3, 0.4) is 0 Å². The van der Waals surface area contributed by atoms with Gasteiger partial charge in [0.2, 0.25) is 0 Å². The highest BCUT2D eigenvalue weighted by Crippen LogP contribution is 2.34. The first-order valence-corrected chi connectivity index (χ1v) is 7.66. The number of aromatic nitrogens is 1. The molecular weight excluding hydrogens is 315 g/mol. The smallest absolute Gasteiger partial charge is 0.293 e. The van der Waals surface area contributed by atoms with Crippen molar-refractivity contribution in [3.8, 4) is 0 Å². The Labute approximate surface area is 133 Å². The van der Waals surface area contributed by atoms with Gasteiger partial charge in [-0.3, -0.25) is 10.4 Å². The zero-order valence-corrected chi connectivity index (χ0v) is 13.3. The van der Waals surface area contributed by atoms with E-state index in [1.165, 1.54) is 11.6 Å². The van der Waals surface area contributed by atoms with E-state index in [1.54, 1.807) is 0 Å². The van der Waals surface area contributed by atoms with E-state index in [2.05, 4.69) is 24.3 Å². The van der Waals surface area contributed by atoms with Crippen molar-refractivity contribution in [2.24, 2.45) is 5.92 Å². The van der Waals surface area contributed by atoms with Gasteiger partial charge in [0.1, 0.15) is 11.0 Å². The lowest BCUT2D eigenvalue weighted by molar-refractivity contribution is -0.137. The number of unbranched alkanes of at least 4 members (excludes halogenated alkanes) is 1. The molecule has 3 nitrogen and oxygen atoms in total. The van der Waals surface area contributed by atoms with E-state index in [4.69, 9.17) is 11.6 Å². The summed E-state index contributed by atoms with van der Waals surface area (Å²) in [6.07, 6.45) is 0.824.